The predicted octanol–water partition coefficient (Wildman–Crippen LogP) is 2.72. The summed E-state index contributed by atoms with van der Waals surface area (Å²) in [4.78, 5) is 0. The number of nitrogens with one attached hydrogen (secondary N) is 1. The number of nitrogens with zero attached hydrogens (tertiary/aromatic N) is 2. The molecule has 0 radical (unpaired) electrons. The van der Waals surface area contributed by atoms with Gasteiger partial charge in [0.15, 0.2) is 0 Å². The highest BCUT2D eigenvalue weighted by Gasteiger charge is 2.14. The van der Waals surface area contributed by atoms with E-state index in [4.69, 9.17) is 11.6 Å². The summed E-state index contributed by atoms with van der Waals surface area (Å²) in [7, 11) is 3.74. The molecule has 0 fully saturated rings. The highest BCUT2D eigenvalue weighted by molar-refractivity contribution is 6.31. The normalized spacial score (nSPS) is 12.7. The minimum atomic E-state index is -0.319. The van der Waals surface area contributed by atoms with Gasteiger partial charge in [0.05, 0.1) is 6.20 Å². The fraction of sp³-hybridized carbons (Fsp3) is 0.308. The molecule has 0 spiro atoms. The van der Waals surface area contributed by atoms with Gasteiger partial charge in [0.25, 0.3) is 0 Å². The van der Waals surface area contributed by atoms with E-state index < -0.39 is 0 Å². The largest absolute Gasteiger partial charge is 0.313 e. The molecule has 2 rings (SSSR count). The van der Waals surface area contributed by atoms with Gasteiger partial charge in [-0.2, -0.15) is 5.10 Å². The van der Waals surface area contributed by atoms with Crippen LogP contribution in [0, 0.1) is 5.82 Å². The van der Waals surface area contributed by atoms with Crippen molar-refractivity contribution in [2.24, 2.45) is 7.05 Å². The zero-order valence-corrected chi connectivity index (χ0v) is 11.1. The molecule has 5 heteroatoms. The van der Waals surface area contributed by atoms with Crippen molar-refractivity contribution in [2.45, 2.75) is 12.5 Å². The van der Waals surface area contributed by atoms with Gasteiger partial charge in [-0.1, -0.05) is 17.7 Å². The van der Waals surface area contributed by atoms with Gasteiger partial charge >= 0.3 is 0 Å². The van der Waals surface area contributed by atoms with E-state index >= 15 is 0 Å². The third-order valence-electron chi connectivity index (χ3n) is 2.88. The van der Waals surface area contributed by atoms with Gasteiger partial charge in [-0.05, 0) is 36.7 Å². The lowest BCUT2D eigenvalue weighted by Crippen LogP contribution is -2.19. The standard InChI is InChI=1S/C13H15ClFN3/c1-16-13(5-9-7-17-18(2)8-9)11-4-3-10(15)6-12(11)14/h3-4,6-8,13,16H,5H2,1-2H3. The average Bonchev–Trinajstić information content (AvgIpc) is 2.72. The zero-order chi connectivity index (χ0) is 13.1. The molecule has 0 aliphatic rings. The van der Waals surface area contributed by atoms with E-state index in [1.165, 1.54) is 12.1 Å². The van der Waals surface area contributed by atoms with Crippen LogP contribution in [-0.4, -0.2) is 16.8 Å². The molecule has 18 heavy (non-hydrogen) atoms. The Morgan fingerprint density at radius 3 is 2.83 bits per heavy atom. The van der Waals surface area contributed by atoms with Gasteiger partial charge in [-0.25, -0.2) is 4.39 Å². The number of halogens is 2. The minimum Gasteiger partial charge on any atom is -0.313 e. The number of rotatable bonds is 4. The van der Waals surface area contributed by atoms with Crippen molar-refractivity contribution in [1.82, 2.24) is 15.1 Å². The summed E-state index contributed by atoms with van der Waals surface area (Å²) in [6, 6.07) is 4.52. The van der Waals surface area contributed by atoms with E-state index in [9.17, 15) is 4.39 Å². The summed E-state index contributed by atoms with van der Waals surface area (Å²) in [5.41, 5.74) is 2.00. The van der Waals surface area contributed by atoms with Gasteiger partial charge in [0, 0.05) is 24.3 Å². The van der Waals surface area contributed by atoms with Crippen molar-refractivity contribution in [3.8, 4) is 0 Å². The van der Waals surface area contributed by atoms with Crippen LogP contribution in [0.5, 0.6) is 0 Å². The van der Waals surface area contributed by atoms with Crippen LogP contribution in [-0.2, 0) is 13.5 Å². The summed E-state index contributed by atoms with van der Waals surface area (Å²) >= 11 is 6.07. The quantitative estimate of drug-likeness (QED) is 0.923. The number of hydrogen-bond acceptors (Lipinski definition) is 2. The SMILES string of the molecule is CNC(Cc1cnn(C)c1)c1ccc(F)cc1Cl. The zero-order valence-electron chi connectivity index (χ0n) is 10.3. The lowest BCUT2D eigenvalue weighted by Gasteiger charge is -2.17. The molecule has 3 nitrogen and oxygen atoms in total. The van der Waals surface area contributed by atoms with E-state index in [1.54, 1.807) is 10.7 Å². The lowest BCUT2D eigenvalue weighted by atomic mass is 10.0. The first-order chi connectivity index (χ1) is 8.60. The molecule has 0 saturated heterocycles. The molecule has 0 aliphatic heterocycles. The Bertz CT molecular complexity index is 539. The second kappa shape index (κ2) is 5.50. The summed E-state index contributed by atoms with van der Waals surface area (Å²) in [5, 5.41) is 7.77. The minimum absolute atomic E-state index is 0.0438. The van der Waals surface area contributed by atoms with E-state index in [-0.39, 0.29) is 11.9 Å². The monoisotopic (exact) mass is 267 g/mol. The van der Waals surface area contributed by atoms with E-state index in [1.807, 2.05) is 26.5 Å². The van der Waals surface area contributed by atoms with Crippen LogP contribution >= 0.6 is 11.6 Å². The first kappa shape index (κ1) is 13.1. The first-order valence-corrected chi connectivity index (χ1v) is 6.07. The van der Waals surface area contributed by atoms with Gasteiger partial charge in [-0.3, -0.25) is 4.68 Å². The number of benzene rings is 1. The van der Waals surface area contributed by atoms with Crippen LogP contribution < -0.4 is 5.32 Å². The predicted molar refractivity (Wildman–Crippen MR) is 70.1 cm³/mol. The maximum Gasteiger partial charge on any atom is 0.124 e. The molecule has 1 aromatic heterocycles. The van der Waals surface area contributed by atoms with Crippen LogP contribution in [0.25, 0.3) is 0 Å². The molecule has 1 heterocycles. The topological polar surface area (TPSA) is 29.9 Å². The molecular weight excluding hydrogens is 253 g/mol. The number of hydrogen-bond donors (Lipinski definition) is 1. The Morgan fingerprint density at radius 2 is 2.28 bits per heavy atom. The van der Waals surface area contributed by atoms with E-state index in [0.29, 0.717) is 5.02 Å². The second-order valence-corrected chi connectivity index (χ2v) is 4.64. The third-order valence-corrected chi connectivity index (χ3v) is 3.21. The second-order valence-electron chi connectivity index (χ2n) is 4.23. The van der Waals surface area contributed by atoms with Crippen molar-refractivity contribution >= 4 is 11.6 Å². The Hall–Kier alpha value is -1.39. The molecule has 0 bridgehead atoms. The Kier molecular flexibility index (Phi) is 3.99. The maximum absolute atomic E-state index is 13.0. The molecule has 2 aromatic rings. The molecule has 1 aromatic carbocycles. The van der Waals surface area contributed by atoms with Crippen molar-refractivity contribution in [3.63, 3.8) is 0 Å². The van der Waals surface area contributed by atoms with Gasteiger partial charge in [0.2, 0.25) is 0 Å². The van der Waals surface area contributed by atoms with Crippen molar-refractivity contribution < 1.29 is 4.39 Å². The smallest absolute Gasteiger partial charge is 0.124 e. The fourth-order valence-electron chi connectivity index (χ4n) is 1.96. The van der Waals surface area contributed by atoms with Crippen molar-refractivity contribution in [3.05, 3.63) is 52.6 Å². The molecule has 0 amide bonds. The molecular formula is C13H15ClFN3. The third kappa shape index (κ3) is 2.89. The number of likely N-dealkylation sites (N-methyl/N-ethyl adjacent to an activating group) is 1. The van der Waals surface area contributed by atoms with Crippen molar-refractivity contribution in [2.75, 3.05) is 7.05 Å². The Labute approximate surface area is 111 Å². The summed E-state index contributed by atoms with van der Waals surface area (Å²) < 4.78 is 14.8. The van der Waals surface area contributed by atoms with Crippen LogP contribution in [0.1, 0.15) is 17.2 Å². The molecule has 1 unspecified atom stereocenters. The van der Waals surface area contributed by atoms with Crippen LogP contribution in [0.2, 0.25) is 5.02 Å². The molecule has 96 valence electrons. The Morgan fingerprint density at radius 1 is 1.50 bits per heavy atom. The van der Waals surface area contributed by atoms with Gasteiger partial charge in [-0.15, -0.1) is 0 Å². The highest BCUT2D eigenvalue weighted by Crippen LogP contribution is 2.26. The summed E-state index contributed by atoms with van der Waals surface area (Å²) in [6.07, 6.45) is 4.54. The maximum atomic E-state index is 13.0. The highest BCUT2D eigenvalue weighted by atomic mass is 35.5. The molecule has 0 saturated carbocycles. The fourth-order valence-corrected chi connectivity index (χ4v) is 2.26. The number of aryl methyl sites for hydroxylation is 1. The lowest BCUT2D eigenvalue weighted by molar-refractivity contribution is 0.586. The van der Waals surface area contributed by atoms with Crippen molar-refractivity contribution in [1.29, 1.82) is 0 Å². The molecule has 1 N–H and O–H groups in total. The van der Waals surface area contributed by atoms with Crippen LogP contribution in [0.3, 0.4) is 0 Å². The molecule has 1 atom stereocenters. The Balaban J connectivity index is 2.22. The molecule has 0 aliphatic carbocycles. The van der Waals surface area contributed by atoms with Gasteiger partial charge < -0.3 is 5.32 Å². The van der Waals surface area contributed by atoms with Crippen LogP contribution in [0.4, 0.5) is 4.39 Å². The first-order valence-electron chi connectivity index (χ1n) is 5.70. The summed E-state index contributed by atoms with van der Waals surface area (Å²) in [5.74, 6) is -0.319. The van der Waals surface area contributed by atoms with Gasteiger partial charge in [0.1, 0.15) is 5.82 Å². The van der Waals surface area contributed by atoms with E-state index in [0.717, 1.165) is 17.5 Å². The van der Waals surface area contributed by atoms with Crippen LogP contribution in [0.15, 0.2) is 30.6 Å². The summed E-state index contributed by atoms with van der Waals surface area (Å²) in [6.45, 7) is 0. The number of aromatic nitrogens is 2. The average molecular weight is 268 g/mol. The van der Waals surface area contributed by atoms with E-state index in [2.05, 4.69) is 10.4 Å².